The quantitative estimate of drug-likeness (QED) is 0.581. The van der Waals surface area contributed by atoms with E-state index >= 15 is 0 Å². The van der Waals surface area contributed by atoms with Crippen molar-refractivity contribution in [3.63, 3.8) is 0 Å². The largest absolute Gasteiger partial charge is 0.469 e. The summed E-state index contributed by atoms with van der Waals surface area (Å²) >= 11 is 0. The molecule has 1 saturated carbocycles. The molecular formula is C25H24N4O4. The molecule has 0 amide bonds. The predicted octanol–water partition coefficient (Wildman–Crippen LogP) is 4.29. The van der Waals surface area contributed by atoms with Gasteiger partial charge in [-0.2, -0.15) is 5.26 Å². The SMILES string of the molecule is COC(=O)C1CCC(c2nc(NCc3ccc4c(c3)OCO4)c3cc(C#N)ccc3n2)CC1. The molecule has 8 heteroatoms. The Bertz CT molecular complexity index is 1250. The van der Waals surface area contributed by atoms with Gasteiger partial charge in [-0.05, 0) is 61.6 Å². The number of aromatic nitrogens is 2. The lowest BCUT2D eigenvalue weighted by molar-refractivity contribution is -0.146. The van der Waals surface area contributed by atoms with E-state index in [9.17, 15) is 10.1 Å². The first-order valence-corrected chi connectivity index (χ1v) is 11.1. The minimum Gasteiger partial charge on any atom is -0.469 e. The van der Waals surface area contributed by atoms with E-state index in [1.165, 1.54) is 7.11 Å². The number of esters is 1. The van der Waals surface area contributed by atoms with Crippen molar-refractivity contribution in [1.82, 2.24) is 9.97 Å². The van der Waals surface area contributed by atoms with E-state index in [0.29, 0.717) is 17.9 Å². The van der Waals surface area contributed by atoms with Crippen LogP contribution in [0.3, 0.4) is 0 Å². The molecule has 0 unspecified atom stereocenters. The molecule has 0 spiro atoms. The average molecular weight is 444 g/mol. The molecule has 2 aromatic carbocycles. The summed E-state index contributed by atoms with van der Waals surface area (Å²) in [5, 5.41) is 13.6. The Labute approximate surface area is 191 Å². The van der Waals surface area contributed by atoms with Crippen LogP contribution < -0.4 is 14.8 Å². The molecule has 0 bridgehead atoms. The van der Waals surface area contributed by atoms with E-state index in [4.69, 9.17) is 24.2 Å². The zero-order chi connectivity index (χ0) is 22.8. The number of ether oxygens (including phenoxy) is 3. The van der Waals surface area contributed by atoms with Gasteiger partial charge in [0.25, 0.3) is 0 Å². The maximum Gasteiger partial charge on any atom is 0.308 e. The van der Waals surface area contributed by atoms with Crippen LogP contribution in [0.4, 0.5) is 5.82 Å². The summed E-state index contributed by atoms with van der Waals surface area (Å²) < 4.78 is 15.8. The highest BCUT2D eigenvalue weighted by Crippen LogP contribution is 2.37. The van der Waals surface area contributed by atoms with Gasteiger partial charge in [0.15, 0.2) is 11.5 Å². The lowest BCUT2D eigenvalue weighted by Gasteiger charge is -2.26. The van der Waals surface area contributed by atoms with Crippen LogP contribution in [0.25, 0.3) is 10.9 Å². The highest BCUT2D eigenvalue weighted by molar-refractivity contribution is 5.90. The van der Waals surface area contributed by atoms with Crippen molar-refractivity contribution in [3.8, 4) is 17.6 Å². The smallest absolute Gasteiger partial charge is 0.308 e. The summed E-state index contributed by atoms with van der Waals surface area (Å²) in [4.78, 5) is 21.6. The number of nitrogens with zero attached hydrogens (tertiary/aromatic N) is 3. The summed E-state index contributed by atoms with van der Waals surface area (Å²) in [6.07, 6.45) is 3.21. The Hall–Kier alpha value is -3.86. The highest BCUT2D eigenvalue weighted by atomic mass is 16.7. The summed E-state index contributed by atoms with van der Waals surface area (Å²) in [7, 11) is 1.44. The topological polar surface area (TPSA) is 106 Å². The third kappa shape index (κ3) is 4.27. The predicted molar refractivity (Wildman–Crippen MR) is 121 cm³/mol. The van der Waals surface area contributed by atoms with Crippen molar-refractivity contribution in [1.29, 1.82) is 5.26 Å². The maximum atomic E-state index is 11.9. The zero-order valence-electron chi connectivity index (χ0n) is 18.3. The van der Waals surface area contributed by atoms with E-state index in [-0.39, 0.29) is 24.6 Å². The zero-order valence-corrected chi connectivity index (χ0v) is 18.3. The van der Waals surface area contributed by atoms with Gasteiger partial charge in [-0.15, -0.1) is 0 Å². The highest BCUT2D eigenvalue weighted by Gasteiger charge is 2.29. The van der Waals surface area contributed by atoms with Gasteiger partial charge in [0.2, 0.25) is 6.79 Å². The maximum absolute atomic E-state index is 11.9. The molecule has 5 rings (SSSR count). The van der Waals surface area contributed by atoms with Crippen LogP contribution in [0, 0.1) is 17.2 Å². The minimum atomic E-state index is -0.136. The van der Waals surface area contributed by atoms with Gasteiger partial charge < -0.3 is 19.5 Å². The van der Waals surface area contributed by atoms with E-state index in [0.717, 1.165) is 59.5 Å². The molecule has 1 fully saturated rings. The Morgan fingerprint density at radius 3 is 2.73 bits per heavy atom. The standard InChI is InChI=1S/C25H24N4O4/c1-31-25(30)18-6-4-17(5-7-18)23-28-20-8-2-15(12-26)10-19(20)24(29-23)27-13-16-3-9-21-22(11-16)33-14-32-21/h2-3,8-11,17-18H,4-7,13-14H2,1H3,(H,27,28,29). The molecule has 0 saturated heterocycles. The normalized spacial score (nSPS) is 19.2. The second kappa shape index (κ2) is 8.94. The third-order valence-electron chi connectivity index (χ3n) is 6.37. The Morgan fingerprint density at radius 2 is 1.94 bits per heavy atom. The lowest BCUT2D eigenvalue weighted by Crippen LogP contribution is -2.23. The monoisotopic (exact) mass is 444 g/mol. The molecular weight excluding hydrogens is 420 g/mol. The molecule has 0 atom stereocenters. The van der Waals surface area contributed by atoms with Crippen molar-refractivity contribution >= 4 is 22.7 Å². The van der Waals surface area contributed by atoms with Crippen LogP contribution in [0.2, 0.25) is 0 Å². The molecule has 168 valence electrons. The summed E-state index contributed by atoms with van der Waals surface area (Å²) in [6, 6.07) is 13.5. The molecule has 3 aromatic rings. The number of methoxy groups -OCH3 is 1. The van der Waals surface area contributed by atoms with E-state index in [2.05, 4.69) is 11.4 Å². The molecule has 33 heavy (non-hydrogen) atoms. The van der Waals surface area contributed by atoms with E-state index in [1.807, 2.05) is 30.3 Å². The fraction of sp³-hybridized carbons (Fsp3) is 0.360. The summed E-state index contributed by atoms with van der Waals surface area (Å²) in [5.41, 5.74) is 2.38. The fourth-order valence-electron chi connectivity index (χ4n) is 4.52. The summed E-state index contributed by atoms with van der Waals surface area (Å²) in [6.45, 7) is 0.773. The van der Waals surface area contributed by atoms with Crippen LogP contribution in [0.5, 0.6) is 11.5 Å². The number of carbonyl (C=O) groups is 1. The first-order valence-electron chi connectivity index (χ1n) is 11.1. The van der Waals surface area contributed by atoms with Gasteiger partial charge in [-0.1, -0.05) is 6.07 Å². The molecule has 1 aromatic heterocycles. The fourth-order valence-corrected chi connectivity index (χ4v) is 4.52. The second-order valence-electron chi connectivity index (χ2n) is 8.39. The van der Waals surface area contributed by atoms with Gasteiger partial charge in [0.05, 0.1) is 30.2 Å². The van der Waals surface area contributed by atoms with E-state index < -0.39 is 0 Å². The van der Waals surface area contributed by atoms with Gasteiger partial charge in [-0.25, -0.2) is 9.97 Å². The number of carbonyl (C=O) groups excluding carboxylic acids is 1. The van der Waals surface area contributed by atoms with Crippen molar-refractivity contribution < 1.29 is 19.0 Å². The van der Waals surface area contributed by atoms with Crippen LogP contribution in [-0.2, 0) is 16.1 Å². The number of rotatable bonds is 5. The number of fused-ring (bicyclic) bond motifs is 2. The number of nitriles is 1. The molecule has 1 aliphatic heterocycles. The number of nitrogens with one attached hydrogen (secondary N) is 1. The number of hydrogen-bond acceptors (Lipinski definition) is 8. The average Bonchev–Trinajstić information content (AvgIpc) is 3.34. The van der Waals surface area contributed by atoms with Crippen LogP contribution in [0.1, 0.15) is 48.6 Å². The Morgan fingerprint density at radius 1 is 1.12 bits per heavy atom. The first kappa shape index (κ1) is 21.0. The number of hydrogen-bond donors (Lipinski definition) is 1. The molecule has 2 aliphatic rings. The number of anilines is 1. The molecule has 8 nitrogen and oxygen atoms in total. The Balaban J connectivity index is 1.42. The van der Waals surface area contributed by atoms with Gasteiger partial charge in [0, 0.05) is 17.8 Å². The van der Waals surface area contributed by atoms with Gasteiger partial charge in [-0.3, -0.25) is 4.79 Å². The van der Waals surface area contributed by atoms with Gasteiger partial charge in [0.1, 0.15) is 11.6 Å². The number of benzene rings is 2. The van der Waals surface area contributed by atoms with Crippen molar-refractivity contribution in [3.05, 3.63) is 53.3 Å². The van der Waals surface area contributed by atoms with E-state index in [1.54, 1.807) is 6.07 Å². The molecule has 1 N–H and O–H groups in total. The molecule has 2 heterocycles. The third-order valence-corrected chi connectivity index (χ3v) is 6.37. The molecule has 0 radical (unpaired) electrons. The van der Waals surface area contributed by atoms with Gasteiger partial charge >= 0.3 is 5.97 Å². The lowest BCUT2D eigenvalue weighted by atomic mass is 9.81. The van der Waals surface area contributed by atoms with Crippen LogP contribution in [0.15, 0.2) is 36.4 Å². The summed E-state index contributed by atoms with van der Waals surface area (Å²) in [5.74, 6) is 2.93. The second-order valence-corrected chi connectivity index (χ2v) is 8.39. The van der Waals surface area contributed by atoms with Crippen molar-refractivity contribution in [2.24, 2.45) is 5.92 Å². The van der Waals surface area contributed by atoms with Crippen LogP contribution >= 0.6 is 0 Å². The molecule has 1 aliphatic carbocycles. The van der Waals surface area contributed by atoms with Crippen molar-refractivity contribution in [2.45, 2.75) is 38.1 Å². The first-order chi connectivity index (χ1) is 16.1. The van der Waals surface area contributed by atoms with Crippen LogP contribution in [-0.4, -0.2) is 29.8 Å². The van der Waals surface area contributed by atoms with Crippen molar-refractivity contribution in [2.75, 3.05) is 19.2 Å². The Kier molecular flexibility index (Phi) is 5.69. The minimum absolute atomic E-state index is 0.0477.